The van der Waals surface area contributed by atoms with Crippen molar-refractivity contribution in [2.45, 2.75) is 52.4 Å². The second-order valence-electron chi connectivity index (χ2n) is 9.10. The van der Waals surface area contributed by atoms with Crippen LogP contribution < -0.4 is 10.1 Å². The normalized spacial score (nSPS) is 11.7. The number of hydrogen-bond acceptors (Lipinski definition) is 4. The molecule has 0 aliphatic heterocycles. The number of benzene rings is 2. The first-order chi connectivity index (χ1) is 13.4. The Morgan fingerprint density at radius 3 is 1.72 bits per heavy atom. The Kier molecular flexibility index (Phi) is 7.07. The summed E-state index contributed by atoms with van der Waals surface area (Å²) in [5, 5.41) is 2.71. The number of nitrogens with one attached hydrogen (secondary N) is 1. The molecule has 0 fully saturated rings. The SMILES string of the molecule is CC(C)(C)c1ccc(NC(=O)COC(=O)COc2ccc(C(C)(C)C)cc2)cc1. The van der Waals surface area contributed by atoms with Crippen LogP contribution in [-0.2, 0) is 25.2 Å². The number of amides is 1. The Balaban J connectivity index is 1.75. The van der Waals surface area contributed by atoms with Crippen LogP contribution in [0.2, 0.25) is 0 Å². The predicted octanol–water partition coefficient (Wildman–Crippen LogP) is 4.84. The van der Waals surface area contributed by atoms with Crippen LogP contribution in [0, 0.1) is 0 Å². The Morgan fingerprint density at radius 1 is 0.759 bits per heavy atom. The van der Waals surface area contributed by atoms with Crippen LogP contribution in [0.3, 0.4) is 0 Å². The van der Waals surface area contributed by atoms with E-state index in [1.165, 1.54) is 11.1 Å². The fraction of sp³-hybridized carbons (Fsp3) is 0.417. The average molecular weight is 398 g/mol. The van der Waals surface area contributed by atoms with E-state index in [0.717, 1.165) is 0 Å². The van der Waals surface area contributed by atoms with E-state index in [0.29, 0.717) is 11.4 Å². The lowest BCUT2D eigenvalue weighted by Crippen LogP contribution is -2.23. The Hall–Kier alpha value is -2.82. The summed E-state index contributed by atoms with van der Waals surface area (Å²) < 4.78 is 10.4. The van der Waals surface area contributed by atoms with Crippen LogP contribution in [0.25, 0.3) is 0 Å². The van der Waals surface area contributed by atoms with Crippen molar-refractivity contribution in [1.29, 1.82) is 0 Å². The zero-order valence-corrected chi connectivity index (χ0v) is 18.2. The molecular weight excluding hydrogens is 366 g/mol. The van der Waals surface area contributed by atoms with Gasteiger partial charge in [0.15, 0.2) is 13.2 Å². The molecule has 0 radical (unpaired) electrons. The second-order valence-corrected chi connectivity index (χ2v) is 9.10. The highest BCUT2D eigenvalue weighted by Crippen LogP contribution is 2.24. The van der Waals surface area contributed by atoms with Crippen molar-refractivity contribution < 1.29 is 19.1 Å². The standard InChI is InChI=1S/C24H31NO4/c1-23(2,3)17-7-11-19(12-8-17)25-21(26)15-29-22(27)16-28-20-13-9-18(10-14-20)24(4,5)6/h7-14H,15-16H2,1-6H3,(H,25,26). The van der Waals surface area contributed by atoms with Gasteiger partial charge in [0.05, 0.1) is 0 Å². The summed E-state index contributed by atoms with van der Waals surface area (Å²) in [5.41, 5.74) is 3.12. The van der Waals surface area contributed by atoms with Gasteiger partial charge in [0.25, 0.3) is 5.91 Å². The van der Waals surface area contributed by atoms with E-state index in [9.17, 15) is 9.59 Å². The van der Waals surface area contributed by atoms with Crippen molar-refractivity contribution in [3.8, 4) is 5.75 Å². The summed E-state index contributed by atoms with van der Waals surface area (Å²) >= 11 is 0. The molecule has 1 amide bonds. The van der Waals surface area contributed by atoms with Gasteiger partial charge in [-0.3, -0.25) is 4.79 Å². The zero-order valence-electron chi connectivity index (χ0n) is 18.2. The average Bonchev–Trinajstić information content (AvgIpc) is 2.64. The first-order valence-electron chi connectivity index (χ1n) is 9.74. The lowest BCUT2D eigenvalue weighted by atomic mass is 9.87. The van der Waals surface area contributed by atoms with Gasteiger partial charge in [-0.2, -0.15) is 0 Å². The molecule has 0 aliphatic rings. The number of carbonyl (C=O) groups is 2. The third kappa shape index (κ3) is 7.26. The van der Waals surface area contributed by atoms with Gasteiger partial charge in [-0.15, -0.1) is 0 Å². The lowest BCUT2D eigenvalue weighted by molar-refractivity contribution is -0.149. The summed E-state index contributed by atoms with van der Waals surface area (Å²) in [6, 6.07) is 15.2. The molecule has 29 heavy (non-hydrogen) atoms. The van der Waals surface area contributed by atoms with Gasteiger partial charge >= 0.3 is 5.97 Å². The van der Waals surface area contributed by atoms with Gasteiger partial charge in [-0.25, -0.2) is 4.79 Å². The number of esters is 1. The maximum atomic E-state index is 12.0. The van der Waals surface area contributed by atoms with Crippen LogP contribution in [-0.4, -0.2) is 25.1 Å². The highest BCUT2D eigenvalue weighted by molar-refractivity contribution is 5.92. The van der Waals surface area contributed by atoms with Crippen molar-refractivity contribution >= 4 is 17.6 Å². The maximum absolute atomic E-state index is 12.0. The minimum absolute atomic E-state index is 0.0468. The fourth-order valence-electron chi connectivity index (χ4n) is 2.63. The van der Waals surface area contributed by atoms with Crippen LogP contribution in [0.1, 0.15) is 52.7 Å². The molecule has 5 nitrogen and oxygen atoms in total. The number of hydrogen-bond donors (Lipinski definition) is 1. The molecule has 156 valence electrons. The molecule has 0 saturated carbocycles. The molecule has 0 aromatic heterocycles. The minimum Gasteiger partial charge on any atom is -0.482 e. The summed E-state index contributed by atoms with van der Waals surface area (Å²) in [6.45, 7) is 12.2. The second kappa shape index (κ2) is 9.12. The van der Waals surface area contributed by atoms with E-state index in [2.05, 4.69) is 46.9 Å². The van der Waals surface area contributed by atoms with Gasteiger partial charge in [-0.05, 0) is 46.2 Å². The van der Waals surface area contributed by atoms with Crippen LogP contribution in [0.15, 0.2) is 48.5 Å². The van der Waals surface area contributed by atoms with Gasteiger partial charge in [0, 0.05) is 5.69 Å². The third-order valence-corrected chi connectivity index (χ3v) is 4.48. The third-order valence-electron chi connectivity index (χ3n) is 4.48. The molecule has 0 bridgehead atoms. The Labute approximate surface area is 173 Å². The lowest BCUT2D eigenvalue weighted by Gasteiger charge is -2.19. The molecule has 2 aromatic carbocycles. The molecule has 0 aliphatic carbocycles. The minimum atomic E-state index is -0.594. The van der Waals surface area contributed by atoms with Gasteiger partial charge < -0.3 is 14.8 Å². The number of rotatable bonds is 6. The summed E-state index contributed by atoms with van der Waals surface area (Å²) in [7, 11) is 0. The van der Waals surface area contributed by atoms with Crippen LogP contribution in [0.4, 0.5) is 5.69 Å². The zero-order chi connectivity index (χ0) is 21.7. The van der Waals surface area contributed by atoms with E-state index in [-0.39, 0.29) is 24.0 Å². The van der Waals surface area contributed by atoms with Crippen molar-refractivity contribution in [1.82, 2.24) is 0 Å². The van der Waals surface area contributed by atoms with E-state index in [1.807, 2.05) is 48.5 Å². The maximum Gasteiger partial charge on any atom is 0.344 e. The molecule has 0 unspecified atom stereocenters. The van der Waals surface area contributed by atoms with Crippen molar-refractivity contribution in [3.63, 3.8) is 0 Å². The molecule has 2 rings (SSSR count). The fourth-order valence-corrected chi connectivity index (χ4v) is 2.63. The van der Waals surface area contributed by atoms with Gasteiger partial charge in [-0.1, -0.05) is 65.8 Å². The van der Waals surface area contributed by atoms with E-state index in [4.69, 9.17) is 9.47 Å². The van der Waals surface area contributed by atoms with Crippen LogP contribution >= 0.6 is 0 Å². The molecule has 0 spiro atoms. The monoisotopic (exact) mass is 397 g/mol. The van der Waals surface area contributed by atoms with Crippen molar-refractivity contribution in [2.75, 3.05) is 18.5 Å². The van der Waals surface area contributed by atoms with Crippen molar-refractivity contribution in [3.05, 3.63) is 59.7 Å². The Bertz CT molecular complexity index is 825. The number of carbonyl (C=O) groups excluding carboxylic acids is 2. The molecule has 2 aromatic rings. The summed E-state index contributed by atoms with van der Waals surface area (Å²) in [4.78, 5) is 23.8. The van der Waals surface area contributed by atoms with E-state index in [1.54, 1.807) is 0 Å². The molecule has 1 N–H and O–H groups in total. The quantitative estimate of drug-likeness (QED) is 0.708. The highest BCUT2D eigenvalue weighted by Gasteiger charge is 2.15. The Morgan fingerprint density at radius 2 is 1.24 bits per heavy atom. The first-order valence-corrected chi connectivity index (χ1v) is 9.74. The van der Waals surface area contributed by atoms with Crippen LogP contribution in [0.5, 0.6) is 5.75 Å². The smallest absolute Gasteiger partial charge is 0.344 e. The first kappa shape index (κ1) is 22.5. The van der Waals surface area contributed by atoms with Gasteiger partial charge in [0.2, 0.25) is 0 Å². The molecule has 0 saturated heterocycles. The molecule has 0 atom stereocenters. The number of anilines is 1. The molecule has 0 heterocycles. The highest BCUT2D eigenvalue weighted by atomic mass is 16.6. The summed E-state index contributed by atoms with van der Waals surface area (Å²) in [5.74, 6) is -0.405. The summed E-state index contributed by atoms with van der Waals surface area (Å²) in [6.07, 6.45) is 0. The largest absolute Gasteiger partial charge is 0.482 e. The van der Waals surface area contributed by atoms with E-state index < -0.39 is 11.9 Å². The van der Waals surface area contributed by atoms with E-state index >= 15 is 0 Å². The number of ether oxygens (including phenoxy) is 2. The van der Waals surface area contributed by atoms with Crippen molar-refractivity contribution in [2.24, 2.45) is 0 Å². The predicted molar refractivity (Wildman–Crippen MR) is 115 cm³/mol. The topological polar surface area (TPSA) is 64.6 Å². The molecular formula is C24H31NO4. The molecule has 5 heteroatoms. The van der Waals surface area contributed by atoms with Gasteiger partial charge in [0.1, 0.15) is 5.75 Å².